The van der Waals surface area contributed by atoms with Crippen molar-refractivity contribution >= 4 is 18.0 Å². The molecule has 1 aromatic rings. The Hall–Kier alpha value is -1.97. The third kappa shape index (κ3) is 4.59. The van der Waals surface area contributed by atoms with E-state index in [-0.39, 0.29) is 0 Å². The van der Waals surface area contributed by atoms with E-state index in [9.17, 15) is 9.59 Å². The molecular formula is C13H15NO3. The normalized spacial score (nSPS) is 11.5. The minimum atomic E-state index is -0.686. The third-order valence-electron chi connectivity index (χ3n) is 1.88. The summed E-state index contributed by atoms with van der Waals surface area (Å²) >= 11 is 0. The zero-order valence-corrected chi connectivity index (χ0v) is 10.1. The first-order chi connectivity index (χ1) is 7.89. The van der Waals surface area contributed by atoms with Crippen molar-refractivity contribution in [3.63, 3.8) is 0 Å². The van der Waals surface area contributed by atoms with Gasteiger partial charge < -0.3 is 4.74 Å². The van der Waals surface area contributed by atoms with Crippen LogP contribution in [0.25, 0.3) is 6.08 Å². The van der Waals surface area contributed by atoms with Gasteiger partial charge in [-0.05, 0) is 39.0 Å². The first kappa shape index (κ1) is 13.1. The molecule has 0 bridgehead atoms. The Morgan fingerprint density at radius 3 is 2.53 bits per heavy atom. The Balaban J connectivity index is 2.57. The Bertz CT molecular complexity index is 430. The Kier molecular flexibility index (Phi) is 4.15. The lowest BCUT2D eigenvalue weighted by Crippen LogP contribution is -2.25. The number of nitrogens with zero attached hydrogens (tertiary/aromatic N) is 1. The number of carbonyl (C=O) groups excluding carboxylic acids is 2. The van der Waals surface area contributed by atoms with Crippen LogP contribution in [0.1, 0.15) is 26.5 Å². The summed E-state index contributed by atoms with van der Waals surface area (Å²) in [5.74, 6) is -1.23. The van der Waals surface area contributed by atoms with Crippen LogP contribution in [0.5, 0.6) is 0 Å². The van der Waals surface area contributed by atoms with Crippen LogP contribution in [0, 0.1) is 5.41 Å². The van der Waals surface area contributed by atoms with E-state index in [1.807, 2.05) is 0 Å². The molecule has 0 atom stereocenters. The molecule has 90 valence electrons. The molecule has 0 saturated carbocycles. The number of carbonyl (C=O) groups is 2. The molecular weight excluding hydrogens is 218 g/mol. The maximum atomic E-state index is 11.4. The SMILES string of the molecule is CC(C)(C)C(=O)OC(=O)/C=C/c1ccccn1. The lowest BCUT2D eigenvalue weighted by atomic mass is 9.97. The van der Waals surface area contributed by atoms with Gasteiger partial charge in [-0.15, -0.1) is 0 Å². The van der Waals surface area contributed by atoms with E-state index < -0.39 is 17.4 Å². The molecule has 1 aromatic heterocycles. The van der Waals surface area contributed by atoms with Gasteiger partial charge in [-0.1, -0.05) is 6.07 Å². The van der Waals surface area contributed by atoms with Crippen LogP contribution >= 0.6 is 0 Å². The molecule has 0 saturated heterocycles. The van der Waals surface area contributed by atoms with Crippen LogP contribution in [0.4, 0.5) is 0 Å². The highest BCUT2D eigenvalue weighted by atomic mass is 16.6. The zero-order valence-electron chi connectivity index (χ0n) is 10.1. The van der Waals surface area contributed by atoms with Gasteiger partial charge in [-0.2, -0.15) is 0 Å². The summed E-state index contributed by atoms with van der Waals surface area (Å²) in [6.07, 6.45) is 4.30. The highest BCUT2D eigenvalue weighted by Gasteiger charge is 2.24. The van der Waals surface area contributed by atoms with Crippen LogP contribution in [0.15, 0.2) is 30.5 Å². The number of hydrogen-bond acceptors (Lipinski definition) is 4. The molecule has 0 radical (unpaired) electrons. The fourth-order valence-electron chi connectivity index (χ4n) is 0.906. The molecule has 4 nitrogen and oxygen atoms in total. The van der Waals surface area contributed by atoms with Gasteiger partial charge in [0, 0.05) is 12.3 Å². The molecule has 4 heteroatoms. The van der Waals surface area contributed by atoms with Crippen LogP contribution < -0.4 is 0 Å². The van der Waals surface area contributed by atoms with Gasteiger partial charge in [0.15, 0.2) is 0 Å². The maximum absolute atomic E-state index is 11.4. The van der Waals surface area contributed by atoms with Crippen LogP contribution in [-0.4, -0.2) is 16.9 Å². The summed E-state index contributed by atoms with van der Waals surface area (Å²) < 4.78 is 4.64. The van der Waals surface area contributed by atoms with Gasteiger partial charge in [-0.3, -0.25) is 9.78 Å². The smallest absolute Gasteiger partial charge is 0.338 e. The molecule has 1 heterocycles. The second kappa shape index (κ2) is 5.39. The van der Waals surface area contributed by atoms with Crippen molar-refractivity contribution in [2.45, 2.75) is 20.8 Å². The average molecular weight is 233 g/mol. The average Bonchev–Trinajstić information content (AvgIpc) is 2.26. The molecule has 1 rings (SSSR count). The van der Waals surface area contributed by atoms with Gasteiger partial charge in [0.05, 0.1) is 11.1 Å². The highest BCUT2D eigenvalue weighted by Crippen LogP contribution is 2.15. The number of rotatable bonds is 2. The molecule has 0 N–H and O–H groups in total. The van der Waals surface area contributed by atoms with Gasteiger partial charge in [-0.25, -0.2) is 4.79 Å². The largest absolute Gasteiger partial charge is 0.389 e. The van der Waals surface area contributed by atoms with Gasteiger partial charge in [0.2, 0.25) is 0 Å². The minimum absolute atomic E-state index is 0.548. The molecule has 0 spiro atoms. The fourth-order valence-corrected chi connectivity index (χ4v) is 0.906. The number of hydrogen-bond donors (Lipinski definition) is 0. The number of ether oxygens (including phenoxy) is 1. The van der Waals surface area contributed by atoms with Crippen molar-refractivity contribution in [3.8, 4) is 0 Å². The van der Waals surface area contributed by atoms with Gasteiger partial charge >= 0.3 is 11.9 Å². The Morgan fingerprint density at radius 1 is 1.29 bits per heavy atom. The standard InChI is InChI=1S/C13H15NO3/c1-13(2,3)12(16)17-11(15)8-7-10-6-4-5-9-14-10/h4-9H,1-3H3/b8-7+. The fraction of sp³-hybridized carbons (Fsp3) is 0.308. The number of aromatic nitrogens is 1. The van der Waals surface area contributed by atoms with Gasteiger partial charge in [0.25, 0.3) is 0 Å². The predicted octanol–water partition coefficient (Wildman–Crippen LogP) is 2.21. The van der Waals surface area contributed by atoms with Crippen LogP contribution in [-0.2, 0) is 14.3 Å². The van der Waals surface area contributed by atoms with Crippen molar-refractivity contribution in [1.82, 2.24) is 4.98 Å². The zero-order chi connectivity index (χ0) is 12.9. The van der Waals surface area contributed by atoms with Crippen molar-refractivity contribution in [2.75, 3.05) is 0 Å². The summed E-state index contributed by atoms with van der Waals surface area (Å²) in [6, 6.07) is 5.33. The Labute approximate surface area is 100 Å². The van der Waals surface area contributed by atoms with E-state index in [1.54, 1.807) is 45.2 Å². The van der Waals surface area contributed by atoms with E-state index in [0.29, 0.717) is 5.69 Å². The summed E-state index contributed by atoms with van der Waals surface area (Å²) in [4.78, 5) is 26.7. The molecule has 0 aromatic carbocycles. The monoisotopic (exact) mass is 233 g/mol. The summed E-state index contributed by atoms with van der Waals surface area (Å²) in [7, 11) is 0. The molecule has 17 heavy (non-hydrogen) atoms. The number of pyridine rings is 1. The molecule has 0 amide bonds. The van der Waals surface area contributed by atoms with Crippen molar-refractivity contribution in [2.24, 2.45) is 5.41 Å². The maximum Gasteiger partial charge on any atom is 0.338 e. The lowest BCUT2D eigenvalue weighted by molar-refractivity contribution is -0.162. The predicted molar refractivity (Wildman–Crippen MR) is 63.8 cm³/mol. The van der Waals surface area contributed by atoms with Gasteiger partial charge in [0.1, 0.15) is 0 Å². The quantitative estimate of drug-likeness (QED) is 0.446. The molecule has 0 fully saturated rings. The summed E-state index contributed by atoms with van der Waals surface area (Å²) in [6.45, 7) is 5.06. The van der Waals surface area contributed by atoms with E-state index in [2.05, 4.69) is 9.72 Å². The third-order valence-corrected chi connectivity index (χ3v) is 1.88. The second-order valence-electron chi connectivity index (χ2n) is 4.55. The van der Waals surface area contributed by atoms with E-state index in [1.165, 1.54) is 12.2 Å². The highest BCUT2D eigenvalue weighted by molar-refractivity contribution is 5.95. The van der Waals surface area contributed by atoms with E-state index in [4.69, 9.17) is 0 Å². The number of esters is 2. The summed E-state index contributed by atoms with van der Waals surface area (Å²) in [5.41, 5.74) is -0.0539. The van der Waals surface area contributed by atoms with Crippen LogP contribution in [0.3, 0.4) is 0 Å². The topological polar surface area (TPSA) is 56.3 Å². The summed E-state index contributed by atoms with van der Waals surface area (Å²) in [5, 5.41) is 0. The van der Waals surface area contributed by atoms with Crippen LogP contribution in [0.2, 0.25) is 0 Å². The minimum Gasteiger partial charge on any atom is -0.389 e. The second-order valence-corrected chi connectivity index (χ2v) is 4.55. The Morgan fingerprint density at radius 2 is 2.00 bits per heavy atom. The molecule has 0 aliphatic carbocycles. The molecule has 0 unspecified atom stereocenters. The van der Waals surface area contributed by atoms with Crippen molar-refractivity contribution in [3.05, 3.63) is 36.2 Å². The van der Waals surface area contributed by atoms with E-state index in [0.717, 1.165) is 0 Å². The molecule has 0 aliphatic rings. The van der Waals surface area contributed by atoms with Crippen molar-refractivity contribution < 1.29 is 14.3 Å². The lowest BCUT2D eigenvalue weighted by Gasteiger charge is -2.14. The first-order valence-electron chi connectivity index (χ1n) is 5.25. The van der Waals surface area contributed by atoms with E-state index >= 15 is 0 Å². The first-order valence-corrected chi connectivity index (χ1v) is 5.25. The van der Waals surface area contributed by atoms with Crippen molar-refractivity contribution in [1.29, 1.82) is 0 Å². The molecule has 0 aliphatic heterocycles.